The van der Waals surface area contributed by atoms with Crippen molar-refractivity contribution >= 4 is 58.8 Å². The van der Waals surface area contributed by atoms with Crippen molar-refractivity contribution in [2.45, 2.75) is 32.2 Å². The summed E-state index contributed by atoms with van der Waals surface area (Å²) in [4.78, 5) is 0. The summed E-state index contributed by atoms with van der Waals surface area (Å²) in [5, 5.41) is 12.5. The lowest BCUT2D eigenvalue weighted by atomic mass is 9.97. The number of hydrogen-bond acceptors (Lipinski definition) is 3. The van der Waals surface area contributed by atoms with Crippen LogP contribution in [0.25, 0.3) is 21.5 Å². The van der Waals surface area contributed by atoms with E-state index in [1.165, 1.54) is 46.4 Å². The van der Waals surface area contributed by atoms with Gasteiger partial charge in [-0.1, -0.05) is 48.5 Å². The number of halogens is 3. The predicted molar refractivity (Wildman–Crippen MR) is 135 cm³/mol. The second-order valence-electron chi connectivity index (χ2n) is 6.93. The predicted octanol–water partition coefficient (Wildman–Crippen LogP) is 5.46. The molecule has 0 aliphatic rings. The fraction of sp³-hybridized carbons (Fsp3) is 0.391. The molecule has 0 amide bonds. The van der Waals surface area contributed by atoms with Gasteiger partial charge in [0.15, 0.2) is 0 Å². The second kappa shape index (κ2) is 15.7. The van der Waals surface area contributed by atoms with Crippen molar-refractivity contribution in [3.63, 3.8) is 0 Å². The third kappa shape index (κ3) is 8.29. The van der Waals surface area contributed by atoms with Crippen LogP contribution in [-0.4, -0.2) is 26.2 Å². The van der Waals surface area contributed by atoms with Crippen molar-refractivity contribution in [1.82, 2.24) is 10.6 Å². The fourth-order valence-corrected chi connectivity index (χ4v) is 3.53. The molecule has 0 heterocycles. The van der Waals surface area contributed by atoms with E-state index in [1.54, 1.807) is 0 Å². The van der Waals surface area contributed by atoms with Crippen LogP contribution < -0.4 is 16.4 Å². The van der Waals surface area contributed by atoms with Crippen molar-refractivity contribution in [3.05, 3.63) is 60.2 Å². The van der Waals surface area contributed by atoms with Gasteiger partial charge in [0, 0.05) is 6.54 Å². The second-order valence-corrected chi connectivity index (χ2v) is 6.93. The zero-order chi connectivity index (χ0) is 18.0. The molecule has 29 heavy (non-hydrogen) atoms. The van der Waals surface area contributed by atoms with E-state index in [0.717, 1.165) is 39.1 Å². The zero-order valence-corrected chi connectivity index (χ0v) is 19.3. The third-order valence-corrected chi connectivity index (χ3v) is 4.95. The molecule has 0 radical (unpaired) electrons. The van der Waals surface area contributed by atoms with Crippen LogP contribution in [0.5, 0.6) is 0 Å². The number of benzene rings is 3. The summed E-state index contributed by atoms with van der Waals surface area (Å²) in [5.41, 5.74) is 6.92. The minimum atomic E-state index is 0. The number of rotatable bonds is 11. The van der Waals surface area contributed by atoms with E-state index in [9.17, 15) is 0 Å². The standard InChI is InChI=1S/C23H31N3.3ClH/c24-13-5-6-14-25-15-7-8-16-26-18-23-21-11-3-1-9-19(21)17-20-10-2-4-12-22(20)23;;;/h1-4,9-12,17,25-26H,5-8,13-16,18,24H2;3*1H. The van der Waals surface area contributed by atoms with Crippen molar-refractivity contribution in [1.29, 1.82) is 0 Å². The molecule has 6 heteroatoms. The number of nitrogens with one attached hydrogen (secondary N) is 2. The van der Waals surface area contributed by atoms with Gasteiger partial charge in [0.25, 0.3) is 0 Å². The first-order valence-electron chi connectivity index (χ1n) is 9.91. The number of nitrogens with two attached hydrogens (primary N) is 1. The van der Waals surface area contributed by atoms with E-state index < -0.39 is 0 Å². The number of hydrogen-bond donors (Lipinski definition) is 3. The molecule has 0 aromatic heterocycles. The Morgan fingerprint density at radius 1 is 0.621 bits per heavy atom. The molecule has 0 fully saturated rings. The molecule has 162 valence electrons. The summed E-state index contributed by atoms with van der Waals surface area (Å²) in [7, 11) is 0. The molecule has 0 atom stereocenters. The Morgan fingerprint density at radius 2 is 1.10 bits per heavy atom. The topological polar surface area (TPSA) is 50.1 Å². The summed E-state index contributed by atoms with van der Waals surface area (Å²) in [6.45, 7) is 4.97. The van der Waals surface area contributed by atoms with Crippen LogP contribution in [0.1, 0.15) is 31.2 Å². The van der Waals surface area contributed by atoms with Gasteiger partial charge in [-0.2, -0.15) is 0 Å². The van der Waals surface area contributed by atoms with Gasteiger partial charge in [0.2, 0.25) is 0 Å². The van der Waals surface area contributed by atoms with Gasteiger partial charge in [0.05, 0.1) is 0 Å². The van der Waals surface area contributed by atoms with Gasteiger partial charge >= 0.3 is 0 Å². The quantitative estimate of drug-likeness (QED) is 0.264. The van der Waals surface area contributed by atoms with Crippen LogP contribution in [0.2, 0.25) is 0 Å². The van der Waals surface area contributed by atoms with Crippen molar-refractivity contribution in [2.75, 3.05) is 26.2 Å². The van der Waals surface area contributed by atoms with Crippen LogP contribution in [-0.2, 0) is 6.54 Å². The molecule has 0 unspecified atom stereocenters. The van der Waals surface area contributed by atoms with E-state index >= 15 is 0 Å². The Hall–Kier alpha value is -1.07. The van der Waals surface area contributed by atoms with Gasteiger partial charge in [0.1, 0.15) is 0 Å². The Kier molecular flexibility index (Phi) is 15.1. The lowest BCUT2D eigenvalue weighted by molar-refractivity contribution is 0.569. The first kappa shape index (κ1) is 27.9. The molecule has 0 aliphatic carbocycles. The maximum atomic E-state index is 5.51. The van der Waals surface area contributed by atoms with Gasteiger partial charge < -0.3 is 16.4 Å². The van der Waals surface area contributed by atoms with Crippen LogP contribution in [0.4, 0.5) is 0 Å². The molecule has 3 aromatic carbocycles. The van der Waals surface area contributed by atoms with Crippen LogP contribution >= 0.6 is 37.2 Å². The van der Waals surface area contributed by atoms with Crippen LogP contribution in [0, 0.1) is 0 Å². The van der Waals surface area contributed by atoms with E-state index in [0.29, 0.717) is 0 Å². The lowest BCUT2D eigenvalue weighted by Gasteiger charge is -2.13. The molecule has 3 nitrogen and oxygen atoms in total. The molecular formula is C23H34Cl3N3. The Labute approximate surface area is 193 Å². The Balaban J connectivity index is 0.00000261. The first-order chi connectivity index (χ1) is 12.9. The highest BCUT2D eigenvalue weighted by atomic mass is 35.5. The summed E-state index contributed by atoms with van der Waals surface area (Å²) in [5.74, 6) is 0. The molecule has 0 saturated carbocycles. The van der Waals surface area contributed by atoms with Crippen molar-refractivity contribution in [2.24, 2.45) is 5.73 Å². The SMILES string of the molecule is Cl.Cl.Cl.NCCCCNCCCCNCc1c2ccccc2cc2ccccc12. The van der Waals surface area contributed by atoms with E-state index in [1.807, 2.05) is 0 Å². The maximum Gasteiger partial charge on any atom is 0.0217 e. The summed E-state index contributed by atoms with van der Waals surface area (Å²) < 4.78 is 0. The number of unbranched alkanes of at least 4 members (excludes halogenated alkanes) is 2. The molecule has 0 spiro atoms. The van der Waals surface area contributed by atoms with Crippen molar-refractivity contribution in [3.8, 4) is 0 Å². The smallest absolute Gasteiger partial charge is 0.0217 e. The lowest BCUT2D eigenvalue weighted by Crippen LogP contribution is -2.20. The van der Waals surface area contributed by atoms with E-state index in [2.05, 4.69) is 65.2 Å². The molecule has 0 bridgehead atoms. The van der Waals surface area contributed by atoms with Gasteiger partial charge in [-0.05, 0) is 85.0 Å². The highest BCUT2D eigenvalue weighted by molar-refractivity contribution is 6.02. The van der Waals surface area contributed by atoms with Crippen molar-refractivity contribution < 1.29 is 0 Å². The molecule has 3 aromatic rings. The highest BCUT2D eigenvalue weighted by Crippen LogP contribution is 2.28. The fourth-order valence-electron chi connectivity index (χ4n) is 3.53. The first-order valence-corrected chi connectivity index (χ1v) is 9.91. The van der Waals surface area contributed by atoms with Crippen LogP contribution in [0.3, 0.4) is 0 Å². The normalized spacial score (nSPS) is 10.2. The van der Waals surface area contributed by atoms with Gasteiger partial charge in [-0.15, -0.1) is 37.2 Å². The molecular weight excluding hydrogens is 425 g/mol. The minimum Gasteiger partial charge on any atom is -0.330 e. The number of fused-ring (bicyclic) bond motifs is 2. The Bertz CT molecular complexity index is 773. The molecule has 4 N–H and O–H groups in total. The Morgan fingerprint density at radius 3 is 1.66 bits per heavy atom. The minimum absolute atomic E-state index is 0. The van der Waals surface area contributed by atoms with Gasteiger partial charge in [-0.25, -0.2) is 0 Å². The zero-order valence-electron chi connectivity index (χ0n) is 16.9. The van der Waals surface area contributed by atoms with E-state index in [4.69, 9.17) is 5.73 Å². The average Bonchev–Trinajstić information content (AvgIpc) is 2.68. The summed E-state index contributed by atoms with van der Waals surface area (Å²) >= 11 is 0. The van der Waals surface area contributed by atoms with Gasteiger partial charge in [-0.3, -0.25) is 0 Å². The third-order valence-electron chi connectivity index (χ3n) is 4.95. The molecule has 3 rings (SSSR count). The van der Waals surface area contributed by atoms with E-state index in [-0.39, 0.29) is 37.2 Å². The maximum absolute atomic E-state index is 5.51. The summed E-state index contributed by atoms with van der Waals surface area (Å²) in [6, 6.07) is 19.7. The highest BCUT2D eigenvalue weighted by Gasteiger charge is 2.06. The largest absolute Gasteiger partial charge is 0.330 e. The monoisotopic (exact) mass is 457 g/mol. The average molecular weight is 459 g/mol. The molecule has 0 saturated heterocycles. The molecule has 0 aliphatic heterocycles. The van der Waals surface area contributed by atoms with Crippen LogP contribution in [0.15, 0.2) is 54.6 Å². The summed E-state index contributed by atoms with van der Waals surface area (Å²) in [6.07, 6.45) is 4.72.